The minimum atomic E-state index is -2.96. The number of sulfone groups is 1. The molecule has 1 aromatic rings. The molecule has 1 rings (SSSR count). The Morgan fingerprint density at radius 2 is 2.13 bits per heavy atom. The van der Waals surface area contributed by atoms with Gasteiger partial charge in [0.15, 0.2) is 5.96 Å². The van der Waals surface area contributed by atoms with E-state index in [1.54, 1.807) is 7.05 Å². The number of aryl methyl sites for hydroxylation is 1. The van der Waals surface area contributed by atoms with Crippen molar-refractivity contribution >= 4 is 39.8 Å². The lowest BCUT2D eigenvalue weighted by molar-refractivity contribution is 0.153. The number of nitrogens with one attached hydrogen (secondary N) is 1. The normalized spacial score (nSPS) is 11.9. The van der Waals surface area contributed by atoms with Crippen molar-refractivity contribution < 1.29 is 13.2 Å². The van der Waals surface area contributed by atoms with Gasteiger partial charge in [-0.15, -0.1) is 24.0 Å². The number of halogens is 1. The van der Waals surface area contributed by atoms with E-state index in [2.05, 4.69) is 20.9 Å². The molecule has 0 unspecified atom stereocenters. The second-order valence-electron chi connectivity index (χ2n) is 5.18. The third-order valence-electron chi connectivity index (χ3n) is 3.15. The molecule has 0 spiro atoms. The Morgan fingerprint density at radius 1 is 1.43 bits per heavy atom. The van der Waals surface area contributed by atoms with E-state index in [0.717, 1.165) is 12.5 Å². The molecule has 0 atom stereocenters. The minimum Gasteiger partial charge on any atom is -0.379 e. The average Bonchev–Trinajstić information content (AvgIpc) is 2.82. The van der Waals surface area contributed by atoms with E-state index in [0.29, 0.717) is 13.2 Å². The second kappa shape index (κ2) is 10.9. The van der Waals surface area contributed by atoms with Crippen LogP contribution < -0.4 is 5.32 Å². The first kappa shape index (κ1) is 22.2. The van der Waals surface area contributed by atoms with Crippen molar-refractivity contribution in [3.05, 3.63) is 24.0 Å². The SMILES string of the molecule is CN=C(NCCOCCS(C)(=O)=O)N(C)Cc1cccn1C.I. The maximum atomic E-state index is 11.0. The summed E-state index contributed by atoms with van der Waals surface area (Å²) in [7, 11) is 2.75. The highest BCUT2D eigenvalue weighted by atomic mass is 127. The zero-order chi connectivity index (χ0) is 16.6. The molecule has 0 saturated carbocycles. The van der Waals surface area contributed by atoms with E-state index >= 15 is 0 Å². The van der Waals surface area contributed by atoms with Gasteiger partial charge in [-0.3, -0.25) is 4.99 Å². The van der Waals surface area contributed by atoms with Gasteiger partial charge >= 0.3 is 0 Å². The quantitative estimate of drug-likeness (QED) is 0.269. The van der Waals surface area contributed by atoms with Gasteiger partial charge < -0.3 is 19.5 Å². The lowest BCUT2D eigenvalue weighted by Crippen LogP contribution is -2.40. The molecule has 0 aliphatic rings. The van der Waals surface area contributed by atoms with Gasteiger partial charge in [-0.25, -0.2) is 8.42 Å². The molecule has 0 aliphatic carbocycles. The van der Waals surface area contributed by atoms with Gasteiger partial charge in [0.1, 0.15) is 9.84 Å². The largest absolute Gasteiger partial charge is 0.379 e. The summed E-state index contributed by atoms with van der Waals surface area (Å²) >= 11 is 0. The molecule has 23 heavy (non-hydrogen) atoms. The van der Waals surface area contributed by atoms with Crippen LogP contribution in [-0.2, 0) is 28.2 Å². The van der Waals surface area contributed by atoms with Gasteiger partial charge in [0.05, 0.1) is 25.5 Å². The molecule has 134 valence electrons. The summed E-state index contributed by atoms with van der Waals surface area (Å²) in [6.07, 6.45) is 3.21. The van der Waals surface area contributed by atoms with E-state index in [1.165, 1.54) is 11.9 Å². The number of hydrogen-bond donors (Lipinski definition) is 1. The molecule has 0 fully saturated rings. The number of hydrogen-bond acceptors (Lipinski definition) is 4. The zero-order valence-electron chi connectivity index (χ0n) is 14.2. The molecule has 0 bridgehead atoms. The molecule has 7 nitrogen and oxygen atoms in total. The van der Waals surface area contributed by atoms with Crippen LogP contribution in [0, 0.1) is 0 Å². The van der Waals surface area contributed by atoms with Crippen LogP contribution in [0.2, 0.25) is 0 Å². The highest BCUT2D eigenvalue weighted by Gasteiger charge is 2.08. The third kappa shape index (κ3) is 9.16. The molecule has 9 heteroatoms. The van der Waals surface area contributed by atoms with E-state index in [-0.39, 0.29) is 36.3 Å². The molecule has 0 aromatic carbocycles. The van der Waals surface area contributed by atoms with Crippen molar-refractivity contribution in [2.75, 3.05) is 45.9 Å². The Hall–Kier alpha value is -0.810. The molecule has 1 heterocycles. The van der Waals surface area contributed by atoms with E-state index in [9.17, 15) is 8.42 Å². The van der Waals surface area contributed by atoms with Crippen molar-refractivity contribution in [3.63, 3.8) is 0 Å². The number of ether oxygens (including phenoxy) is 1. The first-order valence-electron chi connectivity index (χ1n) is 7.11. The summed E-state index contributed by atoms with van der Waals surface area (Å²) in [5.74, 6) is 0.822. The molecule has 1 aromatic heterocycles. The van der Waals surface area contributed by atoms with Gasteiger partial charge in [-0.1, -0.05) is 0 Å². The minimum absolute atomic E-state index is 0. The highest BCUT2D eigenvalue weighted by Crippen LogP contribution is 2.03. The van der Waals surface area contributed by atoms with Gasteiger partial charge in [0, 0.05) is 45.8 Å². The molecular weight excluding hydrogens is 431 g/mol. The number of guanidine groups is 1. The Balaban J connectivity index is 0.00000484. The fraction of sp³-hybridized carbons (Fsp3) is 0.643. The van der Waals surface area contributed by atoms with Crippen LogP contribution in [0.15, 0.2) is 23.3 Å². The lowest BCUT2D eigenvalue weighted by atomic mass is 10.4. The zero-order valence-corrected chi connectivity index (χ0v) is 17.3. The topological polar surface area (TPSA) is 75.9 Å². The van der Waals surface area contributed by atoms with Crippen molar-refractivity contribution in [2.45, 2.75) is 6.54 Å². The van der Waals surface area contributed by atoms with Crippen LogP contribution in [0.5, 0.6) is 0 Å². The van der Waals surface area contributed by atoms with Gasteiger partial charge in [0.2, 0.25) is 0 Å². The van der Waals surface area contributed by atoms with Crippen LogP contribution in [0.25, 0.3) is 0 Å². The average molecular weight is 458 g/mol. The first-order chi connectivity index (χ1) is 10.3. The van der Waals surface area contributed by atoms with E-state index < -0.39 is 9.84 Å². The third-order valence-corrected chi connectivity index (χ3v) is 4.06. The Morgan fingerprint density at radius 3 is 2.65 bits per heavy atom. The Bertz CT molecular complexity index is 587. The lowest BCUT2D eigenvalue weighted by Gasteiger charge is -2.22. The molecule has 0 saturated heterocycles. The summed E-state index contributed by atoms with van der Waals surface area (Å²) < 4.78 is 29.3. The van der Waals surface area contributed by atoms with Gasteiger partial charge in [-0.05, 0) is 12.1 Å². The van der Waals surface area contributed by atoms with Crippen molar-refractivity contribution in [2.24, 2.45) is 12.0 Å². The molecule has 1 N–H and O–H groups in total. The molecular formula is C14H27IN4O3S. The standard InChI is InChI=1S/C14H26N4O3S.HI/c1-15-14(16-7-9-21-10-11-22(4,19)20)18(3)12-13-6-5-8-17(13)2;/h5-6,8H,7,9-12H2,1-4H3,(H,15,16);1H. The van der Waals surface area contributed by atoms with Crippen molar-refractivity contribution in [1.82, 2.24) is 14.8 Å². The van der Waals surface area contributed by atoms with Crippen LogP contribution in [0.1, 0.15) is 5.69 Å². The second-order valence-corrected chi connectivity index (χ2v) is 7.44. The fourth-order valence-corrected chi connectivity index (χ4v) is 2.33. The maximum Gasteiger partial charge on any atom is 0.193 e. The van der Waals surface area contributed by atoms with E-state index in [1.807, 2.05) is 31.3 Å². The summed E-state index contributed by atoms with van der Waals surface area (Å²) in [5.41, 5.74) is 1.19. The molecule has 0 radical (unpaired) electrons. The van der Waals surface area contributed by atoms with Crippen LogP contribution in [-0.4, -0.2) is 69.7 Å². The van der Waals surface area contributed by atoms with Crippen LogP contribution in [0.3, 0.4) is 0 Å². The number of aliphatic imine (C=N–C) groups is 1. The van der Waals surface area contributed by atoms with Gasteiger partial charge in [-0.2, -0.15) is 0 Å². The fourth-order valence-electron chi connectivity index (χ4n) is 1.91. The summed E-state index contributed by atoms with van der Waals surface area (Å²) in [4.78, 5) is 6.25. The smallest absolute Gasteiger partial charge is 0.193 e. The summed E-state index contributed by atoms with van der Waals surface area (Å²) in [5, 5.41) is 3.19. The van der Waals surface area contributed by atoms with Crippen molar-refractivity contribution in [1.29, 1.82) is 0 Å². The monoisotopic (exact) mass is 458 g/mol. The Labute approximate surface area is 156 Å². The van der Waals surface area contributed by atoms with Crippen LogP contribution >= 0.6 is 24.0 Å². The predicted octanol–water partition coefficient (Wildman–Crippen LogP) is 0.712. The number of rotatable bonds is 8. The molecule has 0 aliphatic heterocycles. The van der Waals surface area contributed by atoms with Gasteiger partial charge in [0.25, 0.3) is 0 Å². The summed E-state index contributed by atoms with van der Waals surface area (Å²) in [6.45, 7) is 1.98. The van der Waals surface area contributed by atoms with E-state index in [4.69, 9.17) is 4.74 Å². The number of aromatic nitrogens is 1. The highest BCUT2D eigenvalue weighted by molar-refractivity contribution is 14.0. The van der Waals surface area contributed by atoms with Crippen molar-refractivity contribution in [3.8, 4) is 0 Å². The Kier molecular flexibility index (Phi) is 10.5. The molecule has 0 amide bonds. The predicted molar refractivity (Wildman–Crippen MR) is 104 cm³/mol. The maximum absolute atomic E-state index is 11.0. The number of nitrogens with zero attached hydrogens (tertiary/aromatic N) is 3. The summed E-state index contributed by atoms with van der Waals surface area (Å²) in [6, 6.07) is 4.08. The first-order valence-corrected chi connectivity index (χ1v) is 9.17. The van der Waals surface area contributed by atoms with Crippen LogP contribution in [0.4, 0.5) is 0 Å².